The number of methoxy groups -OCH3 is 1. The maximum Gasteiger partial charge on any atom is 0.294 e. The second kappa shape index (κ2) is 8.64. The number of carbonyl (C=O) groups excluding carboxylic acids is 2. The minimum absolute atomic E-state index is 0.0115. The standard InChI is InChI=1S/C28H22ClNO5/c1-15-10-16(2)12-20(11-15)30-25(17-4-7-21(34-3)8-5-17)24(27(32)28(30)33)26(31)23-14-18-13-19(29)6-9-22(18)35-23/h4-14,25,32H,1-3H3. The average molecular weight is 488 g/mol. The maximum absolute atomic E-state index is 13.7. The van der Waals surface area contributed by atoms with E-state index in [0.29, 0.717) is 33.0 Å². The molecule has 2 heterocycles. The Kier molecular flexibility index (Phi) is 5.61. The molecule has 7 heteroatoms. The number of aryl methyl sites for hydroxylation is 2. The van der Waals surface area contributed by atoms with Gasteiger partial charge in [0.25, 0.3) is 5.91 Å². The van der Waals surface area contributed by atoms with Crippen LogP contribution in [0.4, 0.5) is 5.69 Å². The zero-order chi connectivity index (χ0) is 24.9. The Labute approximate surface area is 207 Å². The summed E-state index contributed by atoms with van der Waals surface area (Å²) in [6.45, 7) is 3.86. The fourth-order valence-corrected chi connectivity index (χ4v) is 4.73. The van der Waals surface area contributed by atoms with E-state index in [2.05, 4.69) is 0 Å². The molecule has 0 aliphatic carbocycles. The molecule has 1 N–H and O–H groups in total. The molecule has 1 aliphatic heterocycles. The van der Waals surface area contributed by atoms with E-state index in [1.54, 1.807) is 55.6 Å². The van der Waals surface area contributed by atoms with Crippen molar-refractivity contribution in [2.45, 2.75) is 19.9 Å². The summed E-state index contributed by atoms with van der Waals surface area (Å²) in [6.07, 6.45) is 0. The maximum atomic E-state index is 13.7. The zero-order valence-corrected chi connectivity index (χ0v) is 20.1. The highest BCUT2D eigenvalue weighted by Crippen LogP contribution is 2.43. The first-order chi connectivity index (χ1) is 16.8. The number of fused-ring (bicyclic) bond motifs is 1. The summed E-state index contributed by atoms with van der Waals surface area (Å²) >= 11 is 6.08. The van der Waals surface area contributed by atoms with Crippen LogP contribution in [0.1, 0.15) is 33.3 Å². The number of aliphatic hydroxyl groups excluding tert-OH is 1. The highest BCUT2D eigenvalue weighted by atomic mass is 35.5. The van der Waals surface area contributed by atoms with Gasteiger partial charge in [-0.2, -0.15) is 0 Å². The lowest BCUT2D eigenvalue weighted by Gasteiger charge is -2.27. The number of ether oxygens (including phenoxy) is 1. The molecule has 6 nitrogen and oxygen atoms in total. The van der Waals surface area contributed by atoms with Crippen LogP contribution in [-0.2, 0) is 4.79 Å². The topological polar surface area (TPSA) is 80.0 Å². The molecular formula is C28H22ClNO5. The van der Waals surface area contributed by atoms with Crippen LogP contribution in [0.5, 0.6) is 5.75 Å². The van der Waals surface area contributed by atoms with Crippen LogP contribution in [-0.4, -0.2) is 23.9 Å². The largest absolute Gasteiger partial charge is 0.503 e. The summed E-state index contributed by atoms with van der Waals surface area (Å²) in [5.41, 5.74) is 3.56. The molecule has 4 aromatic rings. The first-order valence-corrected chi connectivity index (χ1v) is 11.4. The van der Waals surface area contributed by atoms with Crippen LogP contribution in [0.3, 0.4) is 0 Å². The normalized spacial score (nSPS) is 15.8. The summed E-state index contributed by atoms with van der Waals surface area (Å²) < 4.78 is 11.0. The van der Waals surface area contributed by atoms with Gasteiger partial charge in [-0.25, -0.2) is 0 Å². The van der Waals surface area contributed by atoms with Gasteiger partial charge >= 0.3 is 0 Å². The smallest absolute Gasteiger partial charge is 0.294 e. The minimum Gasteiger partial charge on any atom is -0.503 e. The van der Waals surface area contributed by atoms with Gasteiger partial charge in [-0.1, -0.05) is 29.8 Å². The van der Waals surface area contributed by atoms with Gasteiger partial charge in [-0.15, -0.1) is 0 Å². The number of aliphatic hydroxyl groups is 1. The van der Waals surface area contributed by atoms with Gasteiger partial charge in [0.05, 0.1) is 18.7 Å². The molecule has 1 aliphatic rings. The predicted molar refractivity (Wildman–Crippen MR) is 134 cm³/mol. The molecule has 176 valence electrons. The van der Waals surface area contributed by atoms with Crippen molar-refractivity contribution in [1.82, 2.24) is 0 Å². The Morgan fingerprint density at radius 2 is 1.69 bits per heavy atom. The van der Waals surface area contributed by atoms with Gasteiger partial charge in [0, 0.05) is 16.1 Å². The fraction of sp³-hybridized carbons (Fsp3) is 0.143. The molecular weight excluding hydrogens is 466 g/mol. The molecule has 0 bridgehead atoms. The number of hydrogen-bond acceptors (Lipinski definition) is 5. The molecule has 0 spiro atoms. The Morgan fingerprint density at radius 3 is 2.34 bits per heavy atom. The number of anilines is 1. The van der Waals surface area contributed by atoms with E-state index >= 15 is 0 Å². The van der Waals surface area contributed by atoms with Crippen molar-refractivity contribution in [3.63, 3.8) is 0 Å². The molecule has 0 radical (unpaired) electrons. The van der Waals surface area contributed by atoms with Crippen molar-refractivity contribution >= 4 is 39.9 Å². The van der Waals surface area contributed by atoms with Crippen LogP contribution in [0.15, 0.2) is 82.5 Å². The number of halogens is 1. The summed E-state index contributed by atoms with van der Waals surface area (Å²) in [4.78, 5) is 28.6. The third-order valence-electron chi connectivity index (χ3n) is 6.07. The van der Waals surface area contributed by atoms with Crippen LogP contribution in [0.25, 0.3) is 11.0 Å². The monoisotopic (exact) mass is 487 g/mol. The quantitative estimate of drug-likeness (QED) is 0.325. The molecule has 3 aromatic carbocycles. The number of rotatable bonds is 5. The highest BCUT2D eigenvalue weighted by molar-refractivity contribution is 6.31. The molecule has 1 amide bonds. The number of nitrogens with zero attached hydrogens (tertiary/aromatic N) is 1. The second-order valence-corrected chi connectivity index (χ2v) is 9.02. The van der Waals surface area contributed by atoms with Gasteiger partial charge in [0.2, 0.25) is 5.78 Å². The second-order valence-electron chi connectivity index (χ2n) is 8.58. The Bertz CT molecular complexity index is 1500. The van der Waals surface area contributed by atoms with Crippen LogP contribution in [0, 0.1) is 13.8 Å². The zero-order valence-electron chi connectivity index (χ0n) is 19.3. The summed E-state index contributed by atoms with van der Waals surface area (Å²) in [5, 5.41) is 12.1. The molecule has 1 atom stereocenters. The van der Waals surface area contributed by atoms with Gasteiger partial charge in [-0.05, 0) is 79.1 Å². The van der Waals surface area contributed by atoms with Crippen LogP contribution in [0.2, 0.25) is 5.02 Å². The van der Waals surface area contributed by atoms with Crippen LogP contribution >= 0.6 is 11.6 Å². The van der Waals surface area contributed by atoms with Crippen molar-refractivity contribution in [3.8, 4) is 5.75 Å². The predicted octanol–water partition coefficient (Wildman–Crippen LogP) is 6.49. The van der Waals surface area contributed by atoms with Gasteiger partial charge in [-0.3, -0.25) is 14.5 Å². The number of amides is 1. The van der Waals surface area contributed by atoms with Crippen LogP contribution < -0.4 is 9.64 Å². The van der Waals surface area contributed by atoms with E-state index in [-0.39, 0.29) is 11.3 Å². The highest BCUT2D eigenvalue weighted by Gasteiger charge is 2.45. The molecule has 0 saturated heterocycles. The lowest BCUT2D eigenvalue weighted by molar-refractivity contribution is -0.117. The number of furan rings is 1. The Balaban J connectivity index is 1.67. The lowest BCUT2D eigenvalue weighted by Crippen LogP contribution is -2.31. The van der Waals surface area contributed by atoms with E-state index in [1.165, 1.54) is 4.90 Å². The van der Waals surface area contributed by atoms with E-state index in [9.17, 15) is 14.7 Å². The lowest BCUT2D eigenvalue weighted by atomic mass is 9.94. The van der Waals surface area contributed by atoms with Crippen molar-refractivity contribution in [2.24, 2.45) is 0 Å². The Hall–Kier alpha value is -4.03. The number of benzene rings is 3. The number of ketones is 1. The van der Waals surface area contributed by atoms with Gasteiger partial charge in [0.15, 0.2) is 11.5 Å². The summed E-state index contributed by atoms with van der Waals surface area (Å²) in [6, 6.07) is 18.5. The SMILES string of the molecule is COc1ccc(C2C(C(=O)c3cc4cc(Cl)ccc4o3)=C(O)C(=O)N2c2cc(C)cc(C)c2)cc1. The first-order valence-electron chi connectivity index (χ1n) is 11.0. The average Bonchev–Trinajstić information content (AvgIpc) is 3.36. The van der Waals surface area contributed by atoms with E-state index < -0.39 is 23.5 Å². The Morgan fingerprint density at radius 1 is 1.00 bits per heavy atom. The van der Waals surface area contributed by atoms with E-state index in [1.807, 2.05) is 32.0 Å². The fourth-order valence-electron chi connectivity index (χ4n) is 4.55. The summed E-state index contributed by atoms with van der Waals surface area (Å²) in [5.74, 6) is -1.19. The number of hydrogen-bond donors (Lipinski definition) is 1. The third-order valence-corrected chi connectivity index (χ3v) is 6.31. The number of carbonyl (C=O) groups is 2. The first kappa shape index (κ1) is 22.7. The molecule has 1 unspecified atom stereocenters. The molecule has 1 aromatic heterocycles. The molecule has 0 fully saturated rings. The molecule has 0 saturated carbocycles. The van der Waals surface area contributed by atoms with Gasteiger partial charge in [0.1, 0.15) is 11.3 Å². The third kappa shape index (κ3) is 3.96. The summed E-state index contributed by atoms with van der Waals surface area (Å²) in [7, 11) is 1.56. The van der Waals surface area contributed by atoms with Crippen molar-refractivity contribution in [1.29, 1.82) is 0 Å². The van der Waals surface area contributed by atoms with Crippen molar-refractivity contribution in [2.75, 3.05) is 12.0 Å². The van der Waals surface area contributed by atoms with E-state index in [4.69, 9.17) is 20.8 Å². The number of Topliss-reactive ketones (excluding diaryl/α,β-unsaturated/α-hetero) is 1. The van der Waals surface area contributed by atoms with E-state index in [0.717, 1.165) is 11.1 Å². The van der Waals surface area contributed by atoms with Gasteiger partial charge < -0.3 is 14.3 Å². The van der Waals surface area contributed by atoms with Crippen molar-refractivity contribution in [3.05, 3.63) is 106 Å². The minimum atomic E-state index is -0.862. The van der Waals surface area contributed by atoms with Crippen molar-refractivity contribution < 1.29 is 23.8 Å². The molecule has 5 rings (SSSR count). The molecule has 35 heavy (non-hydrogen) atoms.